The molecule has 1 unspecified atom stereocenters. The van der Waals surface area contributed by atoms with Crippen LogP contribution in [0.2, 0.25) is 0 Å². The van der Waals surface area contributed by atoms with Crippen molar-refractivity contribution in [3.63, 3.8) is 0 Å². The first-order valence-corrected chi connectivity index (χ1v) is 8.84. The molecule has 0 fully saturated rings. The van der Waals surface area contributed by atoms with Gasteiger partial charge < -0.3 is 20.1 Å². The summed E-state index contributed by atoms with van der Waals surface area (Å²) in [5.74, 6) is 0.397. The highest BCUT2D eigenvalue weighted by Gasteiger charge is 2.33. The molecule has 1 aliphatic heterocycles. The molecule has 0 saturated carbocycles. The van der Waals surface area contributed by atoms with Crippen LogP contribution in [-0.2, 0) is 14.8 Å². The van der Waals surface area contributed by atoms with Gasteiger partial charge in [-0.05, 0) is 24.3 Å². The zero-order valence-electron chi connectivity index (χ0n) is 13.6. The smallest absolute Gasteiger partial charge is 0.263 e. The number of para-hydroxylation sites is 1. The maximum absolute atomic E-state index is 12.5. The van der Waals surface area contributed by atoms with Crippen molar-refractivity contribution < 1.29 is 22.7 Å². The number of nitrogens with one attached hydrogen (secondary N) is 3. The van der Waals surface area contributed by atoms with Crippen molar-refractivity contribution in [3.05, 3.63) is 42.5 Å². The number of fused-ring (bicyclic) bond motifs is 1. The van der Waals surface area contributed by atoms with E-state index in [0.717, 1.165) is 0 Å². The minimum absolute atomic E-state index is 0.0982. The van der Waals surface area contributed by atoms with Crippen LogP contribution in [0.5, 0.6) is 11.5 Å². The molecule has 2 aromatic carbocycles. The molecule has 25 heavy (non-hydrogen) atoms. The number of hydrogen-bond donors (Lipinski definition) is 3. The van der Waals surface area contributed by atoms with Gasteiger partial charge in [0.2, 0.25) is 10.0 Å². The van der Waals surface area contributed by atoms with E-state index < -0.39 is 22.1 Å². The Bertz CT molecular complexity index is 914. The Balaban J connectivity index is 1.84. The normalized spacial score (nSPS) is 17.8. The molecule has 0 saturated heterocycles. The molecule has 1 heterocycles. The fourth-order valence-corrected chi connectivity index (χ4v) is 3.73. The van der Waals surface area contributed by atoms with E-state index in [-0.39, 0.29) is 4.90 Å². The molecule has 0 radical (unpaired) electrons. The number of amides is 1. The predicted molar refractivity (Wildman–Crippen MR) is 92.3 cm³/mol. The van der Waals surface area contributed by atoms with Gasteiger partial charge in [-0.3, -0.25) is 4.79 Å². The molecule has 9 heteroatoms. The van der Waals surface area contributed by atoms with Crippen LogP contribution in [0.1, 0.15) is 0 Å². The van der Waals surface area contributed by atoms with Crippen LogP contribution in [-0.4, -0.2) is 34.7 Å². The SMILES string of the molecule is COc1ccc(NC(=O)C2Nc3ccccc3S(=O)(=O)N2)c(OC)c1. The monoisotopic (exact) mass is 363 g/mol. The number of rotatable bonds is 4. The average Bonchev–Trinajstić information content (AvgIpc) is 2.61. The maximum atomic E-state index is 12.5. The Hall–Kier alpha value is -2.78. The lowest BCUT2D eigenvalue weighted by Gasteiger charge is -2.27. The second-order valence-corrected chi connectivity index (χ2v) is 6.93. The fraction of sp³-hybridized carbons (Fsp3) is 0.188. The summed E-state index contributed by atoms with van der Waals surface area (Å²) in [5.41, 5.74) is 0.760. The topological polar surface area (TPSA) is 106 Å². The summed E-state index contributed by atoms with van der Waals surface area (Å²) in [6.45, 7) is 0. The number of anilines is 2. The van der Waals surface area contributed by atoms with Gasteiger partial charge in [0.25, 0.3) is 5.91 Å². The number of ether oxygens (including phenoxy) is 2. The quantitative estimate of drug-likeness (QED) is 0.758. The minimum Gasteiger partial charge on any atom is -0.497 e. The first-order chi connectivity index (χ1) is 11.9. The zero-order valence-corrected chi connectivity index (χ0v) is 14.4. The second-order valence-electron chi connectivity index (χ2n) is 5.25. The van der Waals surface area contributed by atoms with E-state index in [0.29, 0.717) is 22.9 Å². The zero-order chi connectivity index (χ0) is 18.0. The second kappa shape index (κ2) is 6.61. The Morgan fingerprint density at radius 3 is 2.60 bits per heavy atom. The first kappa shape index (κ1) is 17.1. The summed E-state index contributed by atoms with van der Waals surface area (Å²) >= 11 is 0. The highest BCUT2D eigenvalue weighted by atomic mass is 32.2. The van der Waals surface area contributed by atoms with Gasteiger partial charge in [0.1, 0.15) is 16.4 Å². The van der Waals surface area contributed by atoms with Gasteiger partial charge in [-0.25, -0.2) is 8.42 Å². The van der Waals surface area contributed by atoms with Crippen molar-refractivity contribution >= 4 is 27.3 Å². The molecule has 132 valence electrons. The summed E-state index contributed by atoms with van der Waals surface area (Å²) in [4.78, 5) is 12.6. The average molecular weight is 363 g/mol. The van der Waals surface area contributed by atoms with Crippen LogP contribution < -0.4 is 24.8 Å². The van der Waals surface area contributed by atoms with Crippen LogP contribution in [0.15, 0.2) is 47.4 Å². The molecule has 1 amide bonds. The number of hydrogen-bond acceptors (Lipinski definition) is 6. The van der Waals surface area contributed by atoms with E-state index in [1.54, 1.807) is 36.4 Å². The first-order valence-electron chi connectivity index (χ1n) is 7.35. The number of sulfonamides is 1. The van der Waals surface area contributed by atoms with Gasteiger partial charge in [-0.1, -0.05) is 12.1 Å². The van der Waals surface area contributed by atoms with E-state index in [1.807, 2.05) is 0 Å². The van der Waals surface area contributed by atoms with Gasteiger partial charge >= 0.3 is 0 Å². The molecule has 3 N–H and O–H groups in total. The molecule has 0 aromatic heterocycles. The van der Waals surface area contributed by atoms with Crippen LogP contribution in [0.3, 0.4) is 0 Å². The summed E-state index contributed by atoms with van der Waals surface area (Å²) in [6.07, 6.45) is -1.15. The van der Waals surface area contributed by atoms with Gasteiger partial charge in [0, 0.05) is 6.07 Å². The van der Waals surface area contributed by atoms with E-state index in [9.17, 15) is 13.2 Å². The van der Waals surface area contributed by atoms with Gasteiger partial charge in [0.05, 0.1) is 25.6 Å². The van der Waals surface area contributed by atoms with Crippen LogP contribution in [0.25, 0.3) is 0 Å². The van der Waals surface area contributed by atoms with Crippen LogP contribution in [0, 0.1) is 0 Å². The Morgan fingerprint density at radius 1 is 1.12 bits per heavy atom. The van der Waals surface area contributed by atoms with Gasteiger partial charge in [-0.2, -0.15) is 4.72 Å². The van der Waals surface area contributed by atoms with E-state index in [1.165, 1.54) is 20.3 Å². The lowest BCUT2D eigenvalue weighted by molar-refractivity contribution is -0.117. The number of carbonyl (C=O) groups is 1. The molecule has 1 atom stereocenters. The highest BCUT2D eigenvalue weighted by molar-refractivity contribution is 7.89. The Kier molecular flexibility index (Phi) is 4.51. The summed E-state index contributed by atoms with van der Waals surface area (Å²) in [7, 11) is -0.800. The number of carbonyl (C=O) groups excluding carboxylic acids is 1. The molecule has 3 rings (SSSR count). The maximum Gasteiger partial charge on any atom is 0.263 e. The van der Waals surface area contributed by atoms with Crippen LogP contribution >= 0.6 is 0 Å². The molecular formula is C16H17N3O5S. The summed E-state index contributed by atoms with van der Waals surface area (Å²) < 4.78 is 37.2. The molecule has 2 aromatic rings. The van der Waals surface area contributed by atoms with Crippen molar-refractivity contribution in [1.82, 2.24) is 4.72 Å². The van der Waals surface area contributed by atoms with Crippen molar-refractivity contribution in [1.29, 1.82) is 0 Å². The van der Waals surface area contributed by atoms with Gasteiger partial charge in [0.15, 0.2) is 6.17 Å². The van der Waals surface area contributed by atoms with Gasteiger partial charge in [-0.15, -0.1) is 0 Å². The molecule has 1 aliphatic rings. The Morgan fingerprint density at radius 2 is 1.88 bits per heavy atom. The highest BCUT2D eigenvalue weighted by Crippen LogP contribution is 2.30. The van der Waals surface area contributed by atoms with Crippen molar-refractivity contribution in [2.75, 3.05) is 24.9 Å². The number of methoxy groups -OCH3 is 2. The van der Waals surface area contributed by atoms with Crippen molar-refractivity contribution in [2.24, 2.45) is 0 Å². The Labute approximate surface area is 145 Å². The largest absolute Gasteiger partial charge is 0.497 e. The standard InChI is InChI=1S/C16H17N3O5S/c1-23-10-7-8-11(13(9-10)24-2)18-16(20)15-17-12-5-3-4-6-14(12)25(21,22)19-15/h3-9,15,17,19H,1-2H3,(H,18,20). The van der Waals surface area contributed by atoms with Crippen LogP contribution in [0.4, 0.5) is 11.4 Å². The third kappa shape index (κ3) is 3.37. The van der Waals surface area contributed by atoms with Crippen molar-refractivity contribution in [2.45, 2.75) is 11.1 Å². The van der Waals surface area contributed by atoms with Crippen molar-refractivity contribution in [3.8, 4) is 11.5 Å². The lowest BCUT2D eigenvalue weighted by atomic mass is 10.2. The minimum atomic E-state index is -3.78. The van der Waals surface area contributed by atoms with E-state index >= 15 is 0 Å². The third-order valence-corrected chi connectivity index (χ3v) is 5.16. The summed E-state index contributed by atoms with van der Waals surface area (Å²) in [6, 6.07) is 11.2. The molecule has 0 spiro atoms. The number of benzene rings is 2. The van der Waals surface area contributed by atoms with E-state index in [4.69, 9.17) is 9.47 Å². The third-order valence-electron chi connectivity index (χ3n) is 3.68. The fourth-order valence-electron chi connectivity index (χ4n) is 2.45. The molecule has 0 aliphatic carbocycles. The summed E-state index contributed by atoms with van der Waals surface area (Å²) in [5, 5.41) is 5.51. The molecule has 0 bridgehead atoms. The molecular weight excluding hydrogens is 346 g/mol. The lowest BCUT2D eigenvalue weighted by Crippen LogP contribution is -2.51. The predicted octanol–water partition coefficient (Wildman–Crippen LogP) is 1.37. The molecule has 8 nitrogen and oxygen atoms in total. The van der Waals surface area contributed by atoms with E-state index in [2.05, 4.69) is 15.4 Å².